The second kappa shape index (κ2) is 6.07. The van der Waals surface area contributed by atoms with E-state index in [1.165, 1.54) is 25.7 Å². The van der Waals surface area contributed by atoms with Crippen molar-refractivity contribution in [2.24, 2.45) is 16.8 Å². The molecule has 0 saturated heterocycles. The van der Waals surface area contributed by atoms with Crippen molar-refractivity contribution in [3.8, 4) is 0 Å². The predicted octanol–water partition coefficient (Wildman–Crippen LogP) is 2.37. The molecule has 0 aromatic rings. The molecule has 2 rings (SSSR count). The lowest BCUT2D eigenvalue weighted by molar-refractivity contribution is 0.653. The van der Waals surface area contributed by atoms with E-state index in [2.05, 4.69) is 29.5 Å². The zero-order valence-electron chi connectivity index (χ0n) is 10.5. The van der Waals surface area contributed by atoms with Gasteiger partial charge in [0.2, 0.25) is 0 Å². The van der Waals surface area contributed by atoms with Crippen LogP contribution in [0.3, 0.4) is 0 Å². The maximum Gasteiger partial charge on any atom is 0.191 e. The first-order chi connectivity index (χ1) is 7.24. The molecule has 3 nitrogen and oxygen atoms in total. The normalized spacial score (nSPS) is 36.3. The number of nitrogens with one attached hydrogen (secondary N) is 2. The van der Waals surface area contributed by atoms with E-state index in [1.807, 2.05) is 7.05 Å². The maximum atomic E-state index is 4.27. The summed E-state index contributed by atoms with van der Waals surface area (Å²) in [6, 6.07) is 1.35. The van der Waals surface area contributed by atoms with E-state index in [1.54, 1.807) is 0 Å². The highest BCUT2D eigenvalue weighted by atomic mass is 127. The van der Waals surface area contributed by atoms with Gasteiger partial charge in [0.25, 0.3) is 0 Å². The number of nitrogens with zero attached hydrogens (tertiary/aromatic N) is 1. The van der Waals surface area contributed by atoms with Gasteiger partial charge in [-0.2, -0.15) is 0 Å². The Bertz CT molecular complexity index is 255. The lowest BCUT2D eigenvalue weighted by Crippen LogP contribution is -2.40. The molecule has 4 unspecified atom stereocenters. The minimum Gasteiger partial charge on any atom is -0.353 e. The monoisotopic (exact) mass is 337 g/mol. The van der Waals surface area contributed by atoms with Crippen molar-refractivity contribution in [3.05, 3.63) is 0 Å². The van der Waals surface area contributed by atoms with E-state index in [4.69, 9.17) is 0 Å². The van der Waals surface area contributed by atoms with Crippen molar-refractivity contribution in [1.82, 2.24) is 10.6 Å². The lowest BCUT2D eigenvalue weighted by atomic mass is 10.2. The lowest BCUT2D eigenvalue weighted by Gasteiger charge is -2.11. The Morgan fingerprint density at radius 3 is 2.38 bits per heavy atom. The quantitative estimate of drug-likeness (QED) is 0.469. The fraction of sp³-hybridized carbons (Fsp3) is 0.917. The maximum absolute atomic E-state index is 4.27. The van der Waals surface area contributed by atoms with Gasteiger partial charge in [-0.1, -0.05) is 20.3 Å². The standard InChI is InChI=1S/C12H23N3.HI/c1-4-5-9-7-11(9)15-12(13-3)14-10-6-8(10)2;/h8-11H,4-7H2,1-3H3,(H2,13,14,15);1H. The van der Waals surface area contributed by atoms with Crippen LogP contribution < -0.4 is 10.6 Å². The van der Waals surface area contributed by atoms with Gasteiger partial charge in [0.1, 0.15) is 0 Å². The number of hydrogen-bond acceptors (Lipinski definition) is 1. The van der Waals surface area contributed by atoms with Gasteiger partial charge in [-0.25, -0.2) is 0 Å². The van der Waals surface area contributed by atoms with E-state index in [-0.39, 0.29) is 24.0 Å². The zero-order chi connectivity index (χ0) is 10.8. The molecule has 0 heterocycles. The van der Waals surface area contributed by atoms with E-state index >= 15 is 0 Å². The third-order valence-corrected chi connectivity index (χ3v) is 3.56. The Hall–Kier alpha value is 0. The third-order valence-electron chi connectivity index (χ3n) is 3.56. The Morgan fingerprint density at radius 1 is 1.25 bits per heavy atom. The first kappa shape index (κ1) is 14.1. The molecular formula is C12H24IN3. The van der Waals surface area contributed by atoms with Crippen molar-refractivity contribution in [3.63, 3.8) is 0 Å². The summed E-state index contributed by atoms with van der Waals surface area (Å²) >= 11 is 0. The molecule has 4 heteroatoms. The van der Waals surface area contributed by atoms with Crippen molar-refractivity contribution < 1.29 is 0 Å². The van der Waals surface area contributed by atoms with Gasteiger partial charge in [0.05, 0.1) is 0 Å². The minimum absolute atomic E-state index is 0. The van der Waals surface area contributed by atoms with Crippen molar-refractivity contribution >= 4 is 29.9 Å². The van der Waals surface area contributed by atoms with Crippen LogP contribution in [0.5, 0.6) is 0 Å². The van der Waals surface area contributed by atoms with E-state index < -0.39 is 0 Å². The van der Waals surface area contributed by atoms with Crippen LogP contribution in [0.2, 0.25) is 0 Å². The molecule has 0 radical (unpaired) electrons. The Kier molecular flexibility index (Phi) is 5.34. The van der Waals surface area contributed by atoms with Crippen LogP contribution in [0.25, 0.3) is 0 Å². The van der Waals surface area contributed by atoms with Gasteiger partial charge in [0.15, 0.2) is 5.96 Å². The summed E-state index contributed by atoms with van der Waals surface area (Å²) in [4.78, 5) is 4.27. The number of guanidine groups is 1. The summed E-state index contributed by atoms with van der Waals surface area (Å²) < 4.78 is 0. The molecule has 0 amide bonds. The van der Waals surface area contributed by atoms with Gasteiger partial charge >= 0.3 is 0 Å². The highest BCUT2D eigenvalue weighted by molar-refractivity contribution is 14.0. The SMILES string of the molecule is CCCC1CC1NC(=NC)NC1CC1C.I. The fourth-order valence-electron chi connectivity index (χ4n) is 2.16. The molecule has 16 heavy (non-hydrogen) atoms. The van der Waals surface area contributed by atoms with E-state index in [9.17, 15) is 0 Å². The Balaban J connectivity index is 0.00000128. The average molecular weight is 337 g/mol. The second-order valence-electron chi connectivity index (χ2n) is 5.07. The summed E-state index contributed by atoms with van der Waals surface area (Å²) in [5.74, 6) is 2.73. The molecule has 2 saturated carbocycles. The molecule has 0 aromatic heterocycles. The summed E-state index contributed by atoms with van der Waals surface area (Å²) in [6.07, 6.45) is 5.28. The molecule has 2 N–H and O–H groups in total. The minimum atomic E-state index is 0. The van der Waals surface area contributed by atoms with Gasteiger partial charge in [-0.15, -0.1) is 24.0 Å². The molecule has 0 aliphatic heterocycles. The van der Waals surface area contributed by atoms with Crippen LogP contribution in [-0.4, -0.2) is 25.1 Å². The van der Waals surface area contributed by atoms with Crippen LogP contribution in [0.1, 0.15) is 39.5 Å². The van der Waals surface area contributed by atoms with Crippen LogP contribution in [0.4, 0.5) is 0 Å². The molecule has 4 atom stereocenters. The third kappa shape index (κ3) is 3.79. The molecule has 0 aromatic carbocycles. The van der Waals surface area contributed by atoms with Crippen molar-refractivity contribution in [2.75, 3.05) is 7.05 Å². The van der Waals surface area contributed by atoms with Crippen molar-refractivity contribution in [1.29, 1.82) is 0 Å². The molecular weight excluding hydrogens is 313 g/mol. The smallest absolute Gasteiger partial charge is 0.191 e. The highest BCUT2D eigenvalue weighted by Gasteiger charge is 2.38. The number of halogens is 1. The summed E-state index contributed by atoms with van der Waals surface area (Å²) in [6.45, 7) is 4.54. The molecule has 0 spiro atoms. The predicted molar refractivity (Wildman–Crippen MR) is 79.4 cm³/mol. The van der Waals surface area contributed by atoms with Crippen LogP contribution in [-0.2, 0) is 0 Å². The van der Waals surface area contributed by atoms with Crippen molar-refractivity contribution in [2.45, 2.75) is 51.6 Å². The number of hydrogen-bond donors (Lipinski definition) is 2. The second-order valence-corrected chi connectivity index (χ2v) is 5.07. The van der Waals surface area contributed by atoms with Crippen LogP contribution in [0.15, 0.2) is 4.99 Å². The summed E-state index contributed by atoms with van der Waals surface area (Å²) in [5.41, 5.74) is 0. The number of aliphatic imine (C=N–C) groups is 1. The molecule has 0 bridgehead atoms. The largest absolute Gasteiger partial charge is 0.353 e. The summed E-state index contributed by atoms with van der Waals surface area (Å²) in [5, 5.41) is 6.97. The topological polar surface area (TPSA) is 36.4 Å². The Labute approximate surface area is 116 Å². The zero-order valence-corrected chi connectivity index (χ0v) is 12.8. The highest BCUT2D eigenvalue weighted by Crippen LogP contribution is 2.34. The first-order valence-corrected chi connectivity index (χ1v) is 6.24. The Morgan fingerprint density at radius 2 is 1.88 bits per heavy atom. The number of rotatable bonds is 4. The van der Waals surface area contributed by atoms with Gasteiger partial charge < -0.3 is 10.6 Å². The first-order valence-electron chi connectivity index (χ1n) is 6.24. The molecule has 2 aliphatic carbocycles. The van der Waals surface area contributed by atoms with E-state index in [0.29, 0.717) is 12.1 Å². The van der Waals surface area contributed by atoms with Gasteiger partial charge in [-0.3, -0.25) is 4.99 Å². The van der Waals surface area contributed by atoms with Crippen LogP contribution >= 0.6 is 24.0 Å². The van der Waals surface area contributed by atoms with Gasteiger partial charge in [-0.05, 0) is 31.1 Å². The molecule has 2 aliphatic rings. The van der Waals surface area contributed by atoms with Gasteiger partial charge in [0, 0.05) is 19.1 Å². The summed E-state index contributed by atoms with van der Waals surface area (Å²) in [7, 11) is 1.86. The van der Waals surface area contributed by atoms with Crippen LogP contribution in [0, 0.1) is 11.8 Å². The molecule has 2 fully saturated rings. The average Bonchev–Trinajstić information content (AvgIpc) is 3.09. The fourth-order valence-corrected chi connectivity index (χ4v) is 2.16. The molecule has 94 valence electrons. The van der Waals surface area contributed by atoms with E-state index in [0.717, 1.165) is 17.8 Å².